The molecule has 1 N–H and O–H groups in total. The molecule has 1 saturated heterocycles. The number of aliphatic hydroxyl groups is 1. The summed E-state index contributed by atoms with van der Waals surface area (Å²) in [6.07, 6.45) is 0. The van der Waals surface area contributed by atoms with Gasteiger partial charge in [0.1, 0.15) is 29.0 Å². The van der Waals surface area contributed by atoms with Crippen LogP contribution in [0.3, 0.4) is 0 Å². The highest BCUT2D eigenvalue weighted by Crippen LogP contribution is 2.45. The van der Waals surface area contributed by atoms with Gasteiger partial charge in [-0.3, -0.25) is 14.5 Å². The van der Waals surface area contributed by atoms with Gasteiger partial charge in [0.2, 0.25) is 0 Å². The first kappa shape index (κ1) is 25.6. The number of aliphatic hydroxyl groups excluding tert-OH is 1. The number of ether oxygens (including phenoxy) is 2. The van der Waals surface area contributed by atoms with Crippen molar-refractivity contribution >= 4 is 46.1 Å². The SMILES string of the molecule is COc1c(Cl)cc(C)cc1/C(O)=C1/C(=O)C(=O)N(c2ccc(Oc3cccc(C)c3)cc2)C1c1cccs1. The summed E-state index contributed by atoms with van der Waals surface area (Å²) in [6, 6.07) is 20.8. The molecule has 0 saturated carbocycles. The van der Waals surface area contributed by atoms with E-state index in [1.807, 2.05) is 55.6 Å². The number of aryl methyl sites for hydroxylation is 2. The van der Waals surface area contributed by atoms with Gasteiger partial charge in [0, 0.05) is 10.6 Å². The molecular weight excluding hydrogens is 522 g/mol. The Hall–Kier alpha value is -4.07. The van der Waals surface area contributed by atoms with Crippen LogP contribution in [0, 0.1) is 13.8 Å². The maximum Gasteiger partial charge on any atom is 0.300 e. The zero-order valence-corrected chi connectivity index (χ0v) is 22.5. The van der Waals surface area contributed by atoms with E-state index in [1.165, 1.54) is 23.3 Å². The van der Waals surface area contributed by atoms with E-state index in [0.717, 1.165) is 16.0 Å². The third kappa shape index (κ3) is 4.66. The Morgan fingerprint density at radius 1 is 0.947 bits per heavy atom. The fraction of sp³-hybridized carbons (Fsp3) is 0.133. The maximum absolute atomic E-state index is 13.4. The molecule has 38 heavy (non-hydrogen) atoms. The highest BCUT2D eigenvalue weighted by molar-refractivity contribution is 7.10. The lowest BCUT2D eigenvalue weighted by Gasteiger charge is -2.24. The number of hydrogen-bond donors (Lipinski definition) is 1. The summed E-state index contributed by atoms with van der Waals surface area (Å²) in [5.74, 6) is -0.365. The molecule has 1 atom stereocenters. The zero-order valence-electron chi connectivity index (χ0n) is 20.9. The number of carbonyl (C=O) groups is 2. The molecule has 5 rings (SSSR count). The number of benzene rings is 3. The molecule has 0 bridgehead atoms. The maximum atomic E-state index is 13.4. The Labute approximate surface area is 229 Å². The lowest BCUT2D eigenvalue weighted by molar-refractivity contribution is -0.132. The Morgan fingerprint density at radius 2 is 1.71 bits per heavy atom. The quantitative estimate of drug-likeness (QED) is 0.155. The number of amides is 1. The van der Waals surface area contributed by atoms with Gasteiger partial charge in [0.15, 0.2) is 0 Å². The van der Waals surface area contributed by atoms with Crippen LogP contribution in [0.5, 0.6) is 17.2 Å². The van der Waals surface area contributed by atoms with E-state index in [4.69, 9.17) is 21.1 Å². The Morgan fingerprint density at radius 3 is 2.37 bits per heavy atom. The number of anilines is 1. The topological polar surface area (TPSA) is 76.1 Å². The number of methoxy groups -OCH3 is 1. The summed E-state index contributed by atoms with van der Waals surface area (Å²) in [5, 5.41) is 13.6. The molecule has 0 spiro atoms. The van der Waals surface area contributed by atoms with Crippen LogP contribution in [0.2, 0.25) is 5.02 Å². The first-order chi connectivity index (χ1) is 18.3. The van der Waals surface area contributed by atoms with Crippen molar-refractivity contribution in [2.45, 2.75) is 19.9 Å². The molecule has 2 heterocycles. The van der Waals surface area contributed by atoms with Gasteiger partial charge in [-0.25, -0.2) is 0 Å². The van der Waals surface area contributed by atoms with E-state index in [9.17, 15) is 14.7 Å². The molecule has 4 aromatic rings. The largest absolute Gasteiger partial charge is 0.507 e. The van der Waals surface area contributed by atoms with E-state index in [0.29, 0.717) is 22.2 Å². The summed E-state index contributed by atoms with van der Waals surface area (Å²) in [7, 11) is 1.43. The number of halogens is 1. The van der Waals surface area contributed by atoms with Crippen molar-refractivity contribution in [1.82, 2.24) is 0 Å². The van der Waals surface area contributed by atoms with Crippen molar-refractivity contribution in [3.05, 3.63) is 110 Å². The van der Waals surface area contributed by atoms with Crippen LogP contribution < -0.4 is 14.4 Å². The molecule has 1 aromatic heterocycles. The minimum Gasteiger partial charge on any atom is -0.507 e. The average Bonchev–Trinajstić information content (AvgIpc) is 3.51. The van der Waals surface area contributed by atoms with Crippen molar-refractivity contribution in [1.29, 1.82) is 0 Å². The molecule has 1 unspecified atom stereocenters. The molecule has 1 amide bonds. The summed E-state index contributed by atoms with van der Waals surface area (Å²) < 4.78 is 11.4. The molecule has 192 valence electrons. The number of ketones is 1. The smallest absolute Gasteiger partial charge is 0.300 e. The molecule has 8 heteroatoms. The minimum atomic E-state index is -0.831. The predicted molar refractivity (Wildman–Crippen MR) is 150 cm³/mol. The van der Waals surface area contributed by atoms with Crippen LogP contribution in [-0.2, 0) is 9.59 Å². The number of hydrogen-bond acceptors (Lipinski definition) is 6. The molecule has 3 aromatic carbocycles. The van der Waals surface area contributed by atoms with Crippen molar-refractivity contribution in [3.8, 4) is 17.2 Å². The van der Waals surface area contributed by atoms with Crippen LogP contribution in [0.25, 0.3) is 5.76 Å². The Bertz CT molecular complexity index is 1560. The van der Waals surface area contributed by atoms with Gasteiger partial charge in [-0.05, 0) is 85.0 Å². The van der Waals surface area contributed by atoms with E-state index in [2.05, 4.69) is 0 Å². The molecule has 1 aliphatic heterocycles. The van der Waals surface area contributed by atoms with Crippen LogP contribution in [0.1, 0.15) is 27.6 Å². The van der Waals surface area contributed by atoms with Crippen molar-refractivity contribution in [2.24, 2.45) is 0 Å². The fourth-order valence-corrected chi connectivity index (χ4v) is 5.74. The molecule has 1 aliphatic rings. The standard InChI is InChI=1S/C30H24ClNO5S/c1-17-6-4-7-21(14-17)37-20-11-9-19(10-12-20)32-26(24-8-5-13-38-24)25(28(34)30(32)35)27(33)22-15-18(2)16-23(31)29(22)36-3/h4-16,26,33H,1-3H3/b27-25-. The fourth-order valence-electron chi connectivity index (χ4n) is 4.56. The first-order valence-corrected chi connectivity index (χ1v) is 13.1. The predicted octanol–water partition coefficient (Wildman–Crippen LogP) is 7.45. The van der Waals surface area contributed by atoms with Crippen LogP contribution in [0.4, 0.5) is 5.69 Å². The zero-order chi connectivity index (χ0) is 27.0. The minimum absolute atomic E-state index is 0.0301. The van der Waals surface area contributed by atoms with Crippen molar-refractivity contribution in [3.63, 3.8) is 0 Å². The lowest BCUT2D eigenvalue weighted by Crippen LogP contribution is -2.29. The van der Waals surface area contributed by atoms with Gasteiger partial charge in [0.05, 0.1) is 23.3 Å². The third-order valence-corrected chi connectivity index (χ3v) is 7.45. The van der Waals surface area contributed by atoms with E-state index in [1.54, 1.807) is 36.4 Å². The normalized spacial score (nSPS) is 16.6. The summed E-state index contributed by atoms with van der Waals surface area (Å²) in [5.41, 5.74) is 2.56. The number of thiophene rings is 1. The molecule has 0 aliphatic carbocycles. The molecule has 1 fully saturated rings. The van der Waals surface area contributed by atoms with Gasteiger partial charge in [0.25, 0.3) is 11.7 Å². The summed E-state index contributed by atoms with van der Waals surface area (Å²) >= 11 is 7.75. The number of carbonyl (C=O) groups excluding carboxylic acids is 2. The first-order valence-electron chi connectivity index (χ1n) is 11.8. The van der Waals surface area contributed by atoms with Gasteiger partial charge in [-0.15, -0.1) is 11.3 Å². The highest BCUT2D eigenvalue weighted by Gasteiger charge is 2.47. The molecule has 6 nitrogen and oxygen atoms in total. The van der Waals surface area contributed by atoms with E-state index in [-0.39, 0.29) is 22.6 Å². The summed E-state index contributed by atoms with van der Waals surface area (Å²) in [4.78, 5) is 29.0. The highest BCUT2D eigenvalue weighted by atomic mass is 35.5. The Balaban J connectivity index is 1.59. The van der Waals surface area contributed by atoms with E-state index >= 15 is 0 Å². The van der Waals surface area contributed by atoms with Crippen molar-refractivity contribution in [2.75, 3.05) is 12.0 Å². The van der Waals surface area contributed by atoms with Crippen molar-refractivity contribution < 1.29 is 24.2 Å². The second kappa shape index (κ2) is 10.4. The van der Waals surface area contributed by atoms with E-state index < -0.39 is 17.7 Å². The second-order valence-corrected chi connectivity index (χ2v) is 10.3. The Kier molecular flexibility index (Phi) is 6.97. The van der Waals surface area contributed by atoms with Gasteiger partial charge < -0.3 is 14.6 Å². The molecule has 0 radical (unpaired) electrons. The van der Waals surface area contributed by atoms with Gasteiger partial charge in [-0.1, -0.05) is 29.8 Å². The average molecular weight is 546 g/mol. The second-order valence-electron chi connectivity index (χ2n) is 8.92. The van der Waals surface area contributed by atoms with Crippen LogP contribution in [-0.4, -0.2) is 23.9 Å². The summed E-state index contributed by atoms with van der Waals surface area (Å²) in [6.45, 7) is 3.80. The number of Topliss-reactive ketones (excluding diaryl/α,β-unsaturated/α-hetero) is 1. The van der Waals surface area contributed by atoms with Gasteiger partial charge in [-0.2, -0.15) is 0 Å². The van der Waals surface area contributed by atoms with Crippen LogP contribution in [0.15, 0.2) is 83.7 Å². The molecular formula is C30H24ClNO5S. The lowest BCUT2D eigenvalue weighted by atomic mass is 9.98. The number of rotatable bonds is 6. The number of nitrogens with zero attached hydrogens (tertiary/aromatic N) is 1. The van der Waals surface area contributed by atoms with Crippen LogP contribution >= 0.6 is 22.9 Å². The van der Waals surface area contributed by atoms with Gasteiger partial charge >= 0.3 is 0 Å². The monoisotopic (exact) mass is 545 g/mol. The third-order valence-electron chi connectivity index (χ3n) is 6.24.